The minimum absolute atomic E-state index is 0.0935. The molecule has 0 spiro atoms. The summed E-state index contributed by atoms with van der Waals surface area (Å²) >= 11 is 7.40. The first-order chi connectivity index (χ1) is 11.5. The molecule has 128 valence electrons. The van der Waals surface area contributed by atoms with Crippen LogP contribution in [-0.4, -0.2) is 35.8 Å². The maximum absolute atomic E-state index is 12.8. The molecule has 1 fully saturated rings. The monoisotopic (exact) mass is 368 g/mol. The summed E-state index contributed by atoms with van der Waals surface area (Å²) in [7, 11) is 0. The van der Waals surface area contributed by atoms with E-state index in [1.807, 2.05) is 6.07 Å². The fraction of sp³-hybridized carbons (Fsp3) is 0.438. The molecule has 1 unspecified atom stereocenters. The SMILES string of the molecule is CCOC(=O)CCNC(=O)C12CCC(=O)N1c1cc(Cl)ccc1S2. The number of amides is 2. The summed E-state index contributed by atoms with van der Waals surface area (Å²) in [5, 5.41) is 3.28. The second-order valence-electron chi connectivity index (χ2n) is 5.54. The van der Waals surface area contributed by atoms with Crippen LogP contribution < -0.4 is 10.2 Å². The van der Waals surface area contributed by atoms with Crippen molar-refractivity contribution in [2.45, 2.75) is 36.0 Å². The third kappa shape index (κ3) is 2.86. The minimum atomic E-state index is -0.987. The first-order valence-electron chi connectivity index (χ1n) is 7.73. The molecule has 24 heavy (non-hydrogen) atoms. The van der Waals surface area contributed by atoms with E-state index in [0.717, 1.165) is 4.90 Å². The molecule has 2 aliphatic heterocycles. The molecule has 2 aliphatic rings. The van der Waals surface area contributed by atoms with Crippen molar-refractivity contribution in [3.05, 3.63) is 23.2 Å². The van der Waals surface area contributed by atoms with Crippen molar-refractivity contribution in [1.29, 1.82) is 0 Å². The van der Waals surface area contributed by atoms with Gasteiger partial charge in [-0.15, -0.1) is 0 Å². The standard InChI is InChI=1S/C16H17ClN2O4S/c1-2-23-14(21)6-8-18-15(22)16-7-5-13(20)19(16)11-9-10(17)3-4-12(11)24-16/h3-4,9H,2,5-8H2,1H3,(H,18,22). The molecule has 1 saturated heterocycles. The normalized spacial score (nSPS) is 21.4. The van der Waals surface area contributed by atoms with Gasteiger partial charge < -0.3 is 10.1 Å². The lowest BCUT2D eigenvalue weighted by Crippen LogP contribution is -2.52. The molecule has 1 aromatic rings. The van der Waals surface area contributed by atoms with Gasteiger partial charge in [0.05, 0.1) is 18.7 Å². The van der Waals surface area contributed by atoms with Gasteiger partial charge in [-0.05, 0) is 31.5 Å². The number of anilines is 1. The second kappa shape index (κ2) is 6.64. The number of esters is 1. The summed E-state index contributed by atoms with van der Waals surface area (Å²) in [6.07, 6.45) is 0.839. The topological polar surface area (TPSA) is 75.7 Å². The van der Waals surface area contributed by atoms with Gasteiger partial charge in [0.15, 0.2) is 4.87 Å². The molecule has 0 aromatic heterocycles. The van der Waals surface area contributed by atoms with Crippen LogP contribution in [0.25, 0.3) is 0 Å². The van der Waals surface area contributed by atoms with Gasteiger partial charge in [-0.1, -0.05) is 23.4 Å². The van der Waals surface area contributed by atoms with Crippen molar-refractivity contribution in [1.82, 2.24) is 5.32 Å². The maximum atomic E-state index is 12.8. The number of hydrogen-bond acceptors (Lipinski definition) is 5. The van der Waals surface area contributed by atoms with Crippen LogP contribution in [0, 0.1) is 0 Å². The van der Waals surface area contributed by atoms with Crippen LogP contribution in [0.1, 0.15) is 26.2 Å². The summed E-state index contributed by atoms with van der Waals surface area (Å²) in [5.74, 6) is -0.720. The Hall–Kier alpha value is -1.73. The highest BCUT2D eigenvalue weighted by atomic mass is 35.5. The zero-order valence-corrected chi connectivity index (χ0v) is 14.7. The summed E-state index contributed by atoms with van der Waals surface area (Å²) in [6, 6.07) is 5.27. The first-order valence-corrected chi connectivity index (χ1v) is 8.93. The van der Waals surface area contributed by atoms with Gasteiger partial charge in [0.25, 0.3) is 5.91 Å². The molecule has 1 N–H and O–H groups in total. The van der Waals surface area contributed by atoms with Gasteiger partial charge in [0.1, 0.15) is 0 Å². The van der Waals surface area contributed by atoms with Crippen molar-refractivity contribution in [3.63, 3.8) is 0 Å². The average molecular weight is 369 g/mol. The Labute approximate surface area is 148 Å². The number of thioether (sulfide) groups is 1. The van der Waals surface area contributed by atoms with Crippen LogP contribution in [0.2, 0.25) is 5.02 Å². The quantitative estimate of drug-likeness (QED) is 0.807. The van der Waals surface area contributed by atoms with E-state index in [4.69, 9.17) is 16.3 Å². The number of ether oxygens (including phenoxy) is 1. The lowest BCUT2D eigenvalue weighted by atomic mass is 10.2. The number of rotatable bonds is 5. The number of nitrogens with zero attached hydrogens (tertiary/aromatic N) is 1. The number of hydrogen-bond donors (Lipinski definition) is 1. The van der Waals surface area contributed by atoms with Gasteiger partial charge in [-0.25, -0.2) is 0 Å². The van der Waals surface area contributed by atoms with Crippen molar-refractivity contribution in [2.24, 2.45) is 0 Å². The van der Waals surface area contributed by atoms with Crippen molar-refractivity contribution >= 4 is 46.8 Å². The molecule has 2 heterocycles. The van der Waals surface area contributed by atoms with Crippen LogP contribution in [0.15, 0.2) is 23.1 Å². The molecule has 2 amide bonds. The van der Waals surface area contributed by atoms with E-state index in [1.54, 1.807) is 24.0 Å². The molecular formula is C16H17ClN2O4S. The fourth-order valence-corrected chi connectivity index (χ4v) is 4.55. The zero-order valence-electron chi connectivity index (χ0n) is 13.1. The number of halogens is 1. The Morgan fingerprint density at radius 3 is 3.00 bits per heavy atom. The Morgan fingerprint density at radius 1 is 1.46 bits per heavy atom. The van der Waals surface area contributed by atoms with Crippen molar-refractivity contribution in [3.8, 4) is 0 Å². The van der Waals surface area contributed by atoms with Crippen molar-refractivity contribution in [2.75, 3.05) is 18.1 Å². The van der Waals surface area contributed by atoms with Crippen molar-refractivity contribution < 1.29 is 19.1 Å². The van der Waals surface area contributed by atoms with E-state index >= 15 is 0 Å². The molecule has 0 bridgehead atoms. The fourth-order valence-electron chi connectivity index (χ4n) is 2.97. The molecule has 0 radical (unpaired) electrons. The highest BCUT2D eigenvalue weighted by Gasteiger charge is 2.57. The molecule has 0 saturated carbocycles. The second-order valence-corrected chi connectivity index (χ2v) is 7.29. The predicted octanol–water partition coefficient (Wildman–Crippen LogP) is 2.34. The van der Waals surface area contributed by atoms with Gasteiger partial charge in [-0.2, -0.15) is 0 Å². The zero-order chi connectivity index (χ0) is 17.3. The highest BCUT2D eigenvalue weighted by Crippen LogP contribution is 2.56. The smallest absolute Gasteiger partial charge is 0.307 e. The largest absolute Gasteiger partial charge is 0.466 e. The maximum Gasteiger partial charge on any atom is 0.307 e. The Kier molecular flexibility index (Phi) is 4.73. The van der Waals surface area contributed by atoms with E-state index in [0.29, 0.717) is 30.2 Å². The number of nitrogens with one attached hydrogen (secondary N) is 1. The predicted molar refractivity (Wildman–Crippen MR) is 91.0 cm³/mol. The molecule has 1 aromatic carbocycles. The number of benzene rings is 1. The summed E-state index contributed by atoms with van der Waals surface area (Å²) in [6.45, 7) is 2.22. The molecule has 3 rings (SSSR count). The van der Waals surface area contributed by atoms with E-state index in [2.05, 4.69) is 5.32 Å². The summed E-state index contributed by atoms with van der Waals surface area (Å²) in [5.41, 5.74) is 0.676. The van der Waals surface area contributed by atoms with Crippen LogP contribution in [0.5, 0.6) is 0 Å². The summed E-state index contributed by atoms with van der Waals surface area (Å²) < 4.78 is 4.84. The molecule has 1 atom stereocenters. The van der Waals surface area contributed by atoms with Crippen LogP contribution >= 0.6 is 23.4 Å². The van der Waals surface area contributed by atoms with E-state index in [-0.39, 0.29) is 30.7 Å². The van der Waals surface area contributed by atoms with Gasteiger partial charge in [-0.3, -0.25) is 19.3 Å². The van der Waals surface area contributed by atoms with E-state index < -0.39 is 4.87 Å². The van der Waals surface area contributed by atoms with Crippen LogP contribution in [0.3, 0.4) is 0 Å². The number of carbonyl (C=O) groups is 3. The first kappa shape index (κ1) is 17.1. The number of carbonyl (C=O) groups excluding carboxylic acids is 3. The molecule has 6 nitrogen and oxygen atoms in total. The Balaban J connectivity index is 1.76. The van der Waals surface area contributed by atoms with Crippen LogP contribution in [0.4, 0.5) is 5.69 Å². The average Bonchev–Trinajstić information content (AvgIpc) is 3.04. The molecule has 0 aliphatic carbocycles. The van der Waals surface area contributed by atoms with E-state index in [9.17, 15) is 14.4 Å². The minimum Gasteiger partial charge on any atom is -0.466 e. The Bertz CT molecular complexity index is 711. The van der Waals surface area contributed by atoms with Gasteiger partial charge in [0, 0.05) is 22.9 Å². The van der Waals surface area contributed by atoms with Crippen LogP contribution in [-0.2, 0) is 19.1 Å². The number of fused-ring (bicyclic) bond motifs is 3. The lowest BCUT2D eigenvalue weighted by molar-refractivity contribution is -0.143. The third-order valence-electron chi connectivity index (χ3n) is 4.00. The summed E-state index contributed by atoms with van der Waals surface area (Å²) in [4.78, 5) is 37.9. The highest BCUT2D eigenvalue weighted by molar-refractivity contribution is 8.02. The molecule has 8 heteroatoms. The van der Waals surface area contributed by atoms with Gasteiger partial charge >= 0.3 is 5.97 Å². The lowest BCUT2D eigenvalue weighted by Gasteiger charge is -2.29. The van der Waals surface area contributed by atoms with E-state index in [1.165, 1.54) is 11.8 Å². The van der Waals surface area contributed by atoms with Gasteiger partial charge in [0.2, 0.25) is 5.91 Å². The molecular weight excluding hydrogens is 352 g/mol. The Morgan fingerprint density at radius 2 is 2.25 bits per heavy atom. The third-order valence-corrected chi connectivity index (χ3v) is 5.71.